The van der Waals surface area contributed by atoms with Crippen LogP contribution in [0.3, 0.4) is 0 Å². The number of hydrogen-bond donors (Lipinski definition) is 1. The summed E-state index contributed by atoms with van der Waals surface area (Å²) in [5, 5.41) is 6.33. The average Bonchev–Trinajstić information content (AvgIpc) is 3.09. The van der Waals surface area contributed by atoms with Crippen LogP contribution in [0.4, 0.5) is 0 Å². The molecular weight excluding hydrogens is 278 g/mol. The van der Waals surface area contributed by atoms with Gasteiger partial charge < -0.3 is 10.1 Å². The van der Waals surface area contributed by atoms with E-state index in [1.54, 1.807) is 0 Å². The van der Waals surface area contributed by atoms with Crippen molar-refractivity contribution in [3.63, 3.8) is 0 Å². The van der Waals surface area contributed by atoms with Crippen molar-refractivity contribution in [1.29, 1.82) is 0 Å². The van der Waals surface area contributed by atoms with E-state index >= 15 is 0 Å². The predicted molar refractivity (Wildman–Crippen MR) is 90.2 cm³/mol. The molecule has 0 aliphatic heterocycles. The molecule has 0 unspecified atom stereocenters. The smallest absolute Gasteiger partial charge is 0.134 e. The molecule has 1 heterocycles. The van der Waals surface area contributed by atoms with Crippen molar-refractivity contribution in [2.24, 2.45) is 0 Å². The van der Waals surface area contributed by atoms with Crippen LogP contribution < -0.4 is 10.1 Å². The van der Waals surface area contributed by atoms with Gasteiger partial charge in [-0.2, -0.15) is 0 Å². The van der Waals surface area contributed by atoms with Crippen LogP contribution in [0.2, 0.25) is 0 Å². The molecule has 0 aliphatic rings. The van der Waals surface area contributed by atoms with Gasteiger partial charge in [-0.1, -0.05) is 42.5 Å². The zero-order valence-electron chi connectivity index (χ0n) is 15.5. The summed E-state index contributed by atoms with van der Waals surface area (Å²) >= 11 is 1.43. The van der Waals surface area contributed by atoms with Gasteiger partial charge in [0, 0.05) is 20.8 Å². The van der Waals surface area contributed by atoms with Gasteiger partial charge in [-0.05, 0) is 36.4 Å². The first-order valence-corrected chi connectivity index (χ1v) is 7.71. The topological polar surface area (TPSA) is 21.3 Å². The number of fused-ring (bicyclic) bond motifs is 1. The number of benzene rings is 2. The number of thiophene rings is 1. The molecular formula is C18H19NOS. The van der Waals surface area contributed by atoms with Gasteiger partial charge >= 0.3 is 0 Å². The van der Waals surface area contributed by atoms with Gasteiger partial charge in [0.2, 0.25) is 0 Å². The molecule has 3 heteroatoms. The molecule has 2 nitrogen and oxygen atoms in total. The highest BCUT2D eigenvalue weighted by atomic mass is 32.1. The third kappa shape index (κ3) is 3.26. The summed E-state index contributed by atoms with van der Waals surface area (Å²) in [6, 6.07) is 17.3. The zero-order chi connectivity index (χ0) is 17.9. The lowest BCUT2D eigenvalue weighted by molar-refractivity contribution is 0.201. The van der Waals surface area contributed by atoms with E-state index in [2.05, 4.69) is 5.32 Å². The van der Waals surface area contributed by atoms with Crippen LogP contribution in [0.5, 0.6) is 5.75 Å². The second-order valence-corrected chi connectivity index (χ2v) is 5.60. The maximum absolute atomic E-state index is 8.86. The summed E-state index contributed by atoms with van der Waals surface area (Å²) in [6.45, 7) is -2.07. The van der Waals surface area contributed by atoms with Crippen LogP contribution in [-0.2, 0) is 0 Å². The van der Waals surface area contributed by atoms with Crippen LogP contribution in [0, 0.1) is 0 Å². The van der Waals surface area contributed by atoms with E-state index in [0.717, 1.165) is 15.6 Å². The van der Waals surface area contributed by atoms with Crippen molar-refractivity contribution in [2.45, 2.75) is 12.5 Å². The van der Waals surface area contributed by atoms with Crippen molar-refractivity contribution in [2.75, 3.05) is 13.5 Å². The Bertz CT molecular complexity index is 829. The fourth-order valence-electron chi connectivity index (χ4n) is 2.26. The van der Waals surface area contributed by atoms with E-state index in [4.69, 9.17) is 10.2 Å². The van der Waals surface area contributed by atoms with Crippen molar-refractivity contribution >= 4 is 22.1 Å². The van der Waals surface area contributed by atoms with Crippen molar-refractivity contribution in [1.82, 2.24) is 5.32 Å². The Balaban J connectivity index is 1.89. The number of hydrogen-bond acceptors (Lipinski definition) is 3. The first kappa shape index (κ1) is 9.98. The Hall–Kier alpha value is -1.84. The Kier molecular flexibility index (Phi) is 3.21. The van der Waals surface area contributed by atoms with Gasteiger partial charge in [0.1, 0.15) is 11.8 Å². The fraction of sp³-hybridized carbons (Fsp3) is 0.222. The van der Waals surface area contributed by atoms with Crippen LogP contribution in [0.25, 0.3) is 10.8 Å². The molecule has 0 spiro atoms. The maximum Gasteiger partial charge on any atom is 0.134 e. The van der Waals surface area contributed by atoms with Crippen molar-refractivity contribution in [3.05, 3.63) is 64.9 Å². The van der Waals surface area contributed by atoms with E-state index in [-0.39, 0.29) is 13.0 Å². The third-order valence-corrected chi connectivity index (χ3v) is 4.17. The lowest BCUT2D eigenvalue weighted by Crippen LogP contribution is -2.15. The summed E-state index contributed by atoms with van der Waals surface area (Å²) in [5.41, 5.74) is 0. The first-order valence-electron chi connectivity index (χ1n) is 8.83. The highest BCUT2D eigenvalue weighted by Gasteiger charge is 2.15. The Morgan fingerprint density at radius 1 is 1.19 bits per heavy atom. The number of rotatable bonds is 6. The minimum absolute atomic E-state index is 0.155. The Morgan fingerprint density at radius 2 is 2.10 bits per heavy atom. The molecule has 0 fully saturated rings. The molecule has 2 aromatic carbocycles. The van der Waals surface area contributed by atoms with Crippen LogP contribution in [-0.4, -0.2) is 13.5 Å². The highest BCUT2D eigenvalue weighted by molar-refractivity contribution is 7.10. The summed E-state index contributed by atoms with van der Waals surface area (Å²) in [5.74, 6) is 0.621. The lowest BCUT2D eigenvalue weighted by atomic mass is 10.1. The quantitative estimate of drug-likeness (QED) is 0.716. The Labute approximate surface area is 135 Å². The first-order chi connectivity index (χ1) is 11.9. The normalized spacial score (nSPS) is 17.3. The SMILES string of the molecule is [2H]C([2H])([2H])NCC[C@]([2H])(Oc1cccc2ccccc12)c1cccs1. The molecule has 0 radical (unpaired) electrons. The van der Waals surface area contributed by atoms with Gasteiger partial charge in [0.15, 0.2) is 0 Å². The molecule has 3 rings (SSSR count). The molecule has 0 bridgehead atoms. The third-order valence-electron chi connectivity index (χ3n) is 3.26. The minimum Gasteiger partial charge on any atom is -0.484 e. The van der Waals surface area contributed by atoms with Gasteiger partial charge in [0.05, 0.1) is 1.37 Å². The lowest BCUT2D eigenvalue weighted by Gasteiger charge is -2.19. The minimum atomic E-state index is -2.23. The van der Waals surface area contributed by atoms with Gasteiger partial charge in [-0.3, -0.25) is 0 Å². The molecule has 3 aromatic rings. The Morgan fingerprint density at radius 3 is 2.95 bits per heavy atom. The molecule has 0 aliphatic carbocycles. The monoisotopic (exact) mass is 301 g/mol. The highest BCUT2D eigenvalue weighted by Crippen LogP contribution is 2.32. The number of ether oxygens (including phenoxy) is 1. The average molecular weight is 301 g/mol. The summed E-state index contributed by atoms with van der Waals surface area (Å²) in [6.07, 6.45) is -1.13. The molecule has 108 valence electrons. The molecule has 1 atom stereocenters. The second kappa shape index (κ2) is 6.74. The molecule has 0 saturated heterocycles. The van der Waals surface area contributed by atoms with Crippen LogP contribution in [0.15, 0.2) is 60.0 Å². The van der Waals surface area contributed by atoms with Crippen molar-refractivity contribution < 1.29 is 10.2 Å². The second-order valence-electron chi connectivity index (χ2n) is 4.66. The number of nitrogens with one attached hydrogen (secondary N) is 1. The summed E-state index contributed by atoms with van der Waals surface area (Å²) < 4.78 is 36.8. The van der Waals surface area contributed by atoms with E-state index in [0.29, 0.717) is 5.75 Å². The fourth-order valence-corrected chi connectivity index (χ4v) is 2.99. The van der Waals surface area contributed by atoms with Crippen molar-refractivity contribution in [3.8, 4) is 5.75 Å². The molecule has 1 N–H and O–H groups in total. The predicted octanol–water partition coefficient (Wildman–Crippen LogP) is 4.63. The maximum atomic E-state index is 8.86. The molecule has 1 aromatic heterocycles. The van der Waals surface area contributed by atoms with Gasteiger partial charge in [-0.25, -0.2) is 0 Å². The molecule has 0 saturated carbocycles. The standard InChI is InChI=1S/C18H19NOS/c1-19-12-11-17(18-10-5-13-21-18)20-16-9-4-7-14-6-2-3-8-15(14)16/h2-10,13,17,19H,11-12H2,1H3/t17-/m0/s1/i1D3,17D. The van der Waals surface area contributed by atoms with Crippen LogP contribution >= 0.6 is 11.3 Å². The molecule has 21 heavy (non-hydrogen) atoms. The summed E-state index contributed by atoms with van der Waals surface area (Å²) in [7, 11) is 0. The van der Waals surface area contributed by atoms with Gasteiger partial charge in [-0.15, -0.1) is 11.3 Å². The summed E-state index contributed by atoms with van der Waals surface area (Å²) in [4.78, 5) is 0.743. The molecule has 0 amide bonds. The van der Waals surface area contributed by atoms with E-state index in [1.165, 1.54) is 11.3 Å². The zero-order valence-corrected chi connectivity index (χ0v) is 12.3. The largest absolute Gasteiger partial charge is 0.484 e. The van der Waals surface area contributed by atoms with Gasteiger partial charge in [0.25, 0.3) is 0 Å². The van der Waals surface area contributed by atoms with E-state index in [9.17, 15) is 0 Å². The van der Waals surface area contributed by atoms with E-state index in [1.807, 2.05) is 60.0 Å². The van der Waals surface area contributed by atoms with Crippen LogP contribution in [0.1, 0.15) is 22.9 Å². The van der Waals surface area contributed by atoms with E-state index < -0.39 is 13.1 Å².